The molecule has 0 aliphatic heterocycles. The van der Waals surface area contributed by atoms with Gasteiger partial charge in [0.2, 0.25) is 0 Å². The van der Waals surface area contributed by atoms with Gasteiger partial charge >= 0.3 is 5.97 Å². The molecule has 2 aromatic heterocycles. The Morgan fingerprint density at radius 1 is 1.36 bits per heavy atom. The first kappa shape index (κ1) is 14.3. The number of esters is 1. The molecule has 0 spiro atoms. The molecule has 3 rings (SSSR count). The van der Waals surface area contributed by atoms with Crippen LogP contribution in [0.1, 0.15) is 16.1 Å². The van der Waals surface area contributed by atoms with Crippen LogP contribution in [0.15, 0.2) is 46.7 Å². The predicted octanol–water partition coefficient (Wildman–Crippen LogP) is 2.15. The van der Waals surface area contributed by atoms with E-state index in [-0.39, 0.29) is 11.5 Å². The number of ether oxygens (including phenoxy) is 1. The minimum absolute atomic E-state index is 0.0934. The van der Waals surface area contributed by atoms with Gasteiger partial charge in [0.15, 0.2) is 4.96 Å². The van der Waals surface area contributed by atoms with Gasteiger partial charge in [0.25, 0.3) is 5.56 Å². The summed E-state index contributed by atoms with van der Waals surface area (Å²) in [5, 5.41) is 5.00. The summed E-state index contributed by atoms with van der Waals surface area (Å²) in [6.45, 7) is 0.432. The molecule has 22 heavy (non-hydrogen) atoms. The highest BCUT2D eigenvalue weighted by molar-refractivity contribution is 7.15. The Bertz CT molecular complexity index is 868. The molecular weight excluding hydrogens is 302 g/mol. The summed E-state index contributed by atoms with van der Waals surface area (Å²) in [5.41, 5.74) is 1.90. The van der Waals surface area contributed by atoms with Gasteiger partial charge in [-0.1, -0.05) is 0 Å². The Morgan fingerprint density at radius 2 is 2.14 bits per heavy atom. The number of benzene rings is 1. The zero-order chi connectivity index (χ0) is 15.5. The van der Waals surface area contributed by atoms with Gasteiger partial charge in [-0.2, -0.15) is 0 Å². The van der Waals surface area contributed by atoms with E-state index in [1.807, 2.05) is 5.38 Å². The van der Waals surface area contributed by atoms with Crippen molar-refractivity contribution < 1.29 is 9.53 Å². The van der Waals surface area contributed by atoms with Crippen LogP contribution >= 0.6 is 11.3 Å². The topological polar surface area (TPSA) is 72.7 Å². The number of methoxy groups -OCH3 is 1. The van der Waals surface area contributed by atoms with Gasteiger partial charge in [-0.15, -0.1) is 11.3 Å². The van der Waals surface area contributed by atoms with Gasteiger partial charge in [-0.3, -0.25) is 9.20 Å². The number of thiazole rings is 1. The maximum Gasteiger partial charge on any atom is 0.337 e. The molecule has 1 N–H and O–H groups in total. The van der Waals surface area contributed by atoms with E-state index in [2.05, 4.69) is 15.0 Å². The molecule has 6 nitrogen and oxygen atoms in total. The van der Waals surface area contributed by atoms with Crippen molar-refractivity contribution in [1.82, 2.24) is 9.38 Å². The molecule has 2 heterocycles. The van der Waals surface area contributed by atoms with Crippen molar-refractivity contribution in [2.75, 3.05) is 12.4 Å². The second-order valence-corrected chi connectivity index (χ2v) is 5.44. The first-order valence-corrected chi connectivity index (χ1v) is 7.43. The summed E-state index contributed by atoms with van der Waals surface area (Å²) in [7, 11) is 1.35. The van der Waals surface area contributed by atoms with Crippen molar-refractivity contribution in [1.29, 1.82) is 0 Å². The molecule has 0 aliphatic rings. The Balaban J connectivity index is 1.73. The second kappa shape index (κ2) is 5.98. The van der Waals surface area contributed by atoms with Crippen LogP contribution in [0.5, 0.6) is 0 Å². The minimum atomic E-state index is -0.371. The molecule has 0 fully saturated rings. The molecule has 112 valence electrons. The van der Waals surface area contributed by atoms with Gasteiger partial charge in [0, 0.05) is 23.3 Å². The molecule has 0 unspecified atom stereocenters. The Kier molecular flexibility index (Phi) is 3.88. The minimum Gasteiger partial charge on any atom is -0.465 e. The largest absolute Gasteiger partial charge is 0.465 e. The molecule has 0 amide bonds. The molecule has 0 saturated heterocycles. The van der Waals surface area contributed by atoms with Crippen LogP contribution in [-0.2, 0) is 11.3 Å². The first-order chi connectivity index (χ1) is 10.7. The van der Waals surface area contributed by atoms with Crippen LogP contribution in [0.4, 0.5) is 5.69 Å². The normalized spacial score (nSPS) is 10.6. The lowest BCUT2D eigenvalue weighted by Gasteiger charge is -2.07. The highest BCUT2D eigenvalue weighted by atomic mass is 32.1. The number of nitrogens with zero attached hydrogens (tertiary/aromatic N) is 2. The number of nitrogens with one attached hydrogen (secondary N) is 1. The number of rotatable bonds is 4. The summed E-state index contributed by atoms with van der Waals surface area (Å²) in [6.07, 6.45) is 1.71. The lowest BCUT2D eigenvalue weighted by Crippen LogP contribution is -2.14. The lowest BCUT2D eigenvalue weighted by molar-refractivity contribution is 0.0601. The average molecular weight is 315 g/mol. The van der Waals surface area contributed by atoms with Crippen molar-refractivity contribution in [2.24, 2.45) is 0 Å². The molecule has 0 radical (unpaired) electrons. The zero-order valence-corrected chi connectivity index (χ0v) is 12.6. The SMILES string of the molecule is COC(=O)c1ccc(NCc2cc(=O)n3ccsc3n2)cc1. The number of carbonyl (C=O) groups is 1. The van der Waals surface area contributed by atoms with Gasteiger partial charge in [0.05, 0.1) is 24.9 Å². The second-order valence-electron chi connectivity index (χ2n) is 4.56. The van der Waals surface area contributed by atoms with Crippen molar-refractivity contribution in [2.45, 2.75) is 6.54 Å². The van der Waals surface area contributed by atoms with E-state index < -0.39 is 0 Å². The van der Waals surface area contributed by atoms with E-state index in [0.29, 0.717) is 22.8 Å². The van der Waals surface area contributed by atoms with Crippen LogP contribution in [0.25, 0.3) is 4.96 Å². The van der Waals surface area contributed by atoms with Crippen LogP contribution in [-0.4, -0.2) is 22.5 Å². The molecular formula is C15H13N3O3S. The molecule has 0 atom stereocenters. The standard InChI is InChI=1S/C15H13N3O3S/c1-21-14(20)10-2-4-11(5-3-10)16-9-12-8-13(19)18-6-7-22-15(18)17-12/h2-8,16H,9H2,1H3. The first-order valence-electron chi connectivity index (χ1n) is 6.55. The quantitative estimate of drug-likeness (QED) is 0.747. The van der Waals surface area contributed by atoms with E-state index in [1.54, 1.807) is 30.5 Å². The van der Waals surface area contributed by atoms with Crippen molar-refractivity contribution in [3.05, 3.63) is 63.5 Å². The number of fused-ring (bicyclic) bond motifs is 1. The maximum absolute atomic E-state index is 11.9. The number of carbonyl (C=O) groups excluding carboxylic acids is 1. The molecule has 3 aromatic rings. The van der Waals surface area contributed by atoms with Gasteiger partial charge in [-0.05, 0) is 24.3 Å². The monoisotopic (exact) mass is 315 g/mol. The van der Waals surface area contributed by atoms with Crippen LogP contribution in [0, 0.1) is 0 Å². The van der Waals surface area contributed by atoms with Gasteiger partial charge < -0.3 is 10.1 Å². The van der Waals surface area contributed by atoms with Crippen molar-refractivity contribution in [3.8, 4) is 0 Å². The van der Waals surface area contributed by atoms with E-state index in [1.165, 1.54) is 28.9 Å². The summed E-state index contributed by atoms with van der Waals surface area (Å²) >= 11 is 1.42. The summed E-state index contributed by atoms with van der Waals surface area (Å²) in [5.74, 6) is -0.371. The fourth-order valence-electron chi connectivity index (χ4n) is 2.01. The number of aromatic nitrogens is 2. The average Bonchev–Trinajstić information content (AvgIpc) is 3.02. The van der Waals surface area contributed by atoms with Crippen LogP contribution in [0.2, 0.25) is 0 Å². The number of hydrogen-bond donors (Lipinski definition) is 1. The van der Waals surface area contributed by atoms with Crippen molar-refractivity contribution in [3.63, 3.8) is 0 Å². The van der Waals surface area contributed by atoms with Gasteiger partial charge in [-0.25, -0.2) is 9.78 Å². The third-order valence-corrected chi connectivity index (χ3v) is 3.89. The molecule has 0 bridgehead atoms. The van der Waals surface area contributed by atoms with E-state index >= 15 is 0 Å². The van der Waals surface area contributed by atoms with Gasteiger partial charge in [0.1, 0.15) is 0 Å². The molecule has 0 saturated carbocycles. The lowest BCUT2D eigenvalue weighted by atomic mass is 10.2. The summed E-state index contributed by atoms with van der Waals surface area (Å²) in [6, 6.07) is 8.43. The van der Waals surface area contributed by atoms with Crippen molar-refractivity contribution >= 4 is 28.0 Å². The highest BCUT2D eigenvalue weighted by Crippen LogP contribution is 2.12. The number of hydrogen-bond acceptors (Lipinski definition) is 6. The molecule has 1 aromatic carbocycles. The predicted molar refractivity (Wildman–Crippen MR) is 84.4 cm³/mol. The fourth-order valence-corrected chi connectivity index (χ4v) is 2.75. The summed E-state index contributed by atoms with van der Waals surface area (Å²) < 4.78 is 6.16. The van der Waals surface area contributed by atoms with Crippen LogP contribution in [0.3, 0.4) is 0 Å². The van der Waals surface area contributed by atoms with E-state index in [9.17, 15) is 9.59 Å². The third-order valence-electron chi connectivity index (χ3n) is 3.14. The fraction of sp³-hybridized carbons (Fsp3) is 0.133. The Morgan fingerprint density at radius 3 is 2.86 bits per heavy atom. The molecule has 0 aliphatic carbocycles. The molecule has 7 heteroatoms. The zero-order valence-electron chi connectivity index (χ0n) is 11.8. The Labute approximate surface area is 130 Å². The summed E-state index contributed by atoms with van der Waals surface area (Å²) in [4.78, 5) is 28.3. The highest BCUT2D eigenvalue weighted by Gasteiger charge is 2.05. The maximum atomic E-state index is 11.9. The van der Waals surface area contributed by atoms with Crippen LogP contribution < -0.4 is 10.9 Å². The van der Waals surface area contributed by atoms with E-state index in [4.69, 9.17) is 0 Å². The number of anilines is 1. The Hall–Kier alpha value is -2.67. The third kappa shape index (κ3) is 2.84. The van der Waals surface area contributed by atoms with E-state index in [0.717, 1.165) is 5.69 Å². The smallest absolute Gasteiger partial charge is 0.337 e.